The Hall–Kier alpha value is -2.10. The molecule has 0 spiro atoms. The zero-order chi connectivity index (χ0) is 12.5. The third kappa shape index (κ3) is 1.90. The van der Waals surface area contributed by atoms with Crippen molar-refractivity contribution in [2.24, 2.45) is 5.92 Å². The minimum atomic E-state index is 0.214. The summed E-state index contributed by atoms with van der Waals surface area (Å²) >= 11 is 0. The summed E-state index contributed by atoms with van der Waals surface area (Å²) < 4.78 is 1.97. The van der Waals surface area contributed by atoms with Gasteiger partial charge in [0.05, 0.1) is 0 Å². The zero-order valence-electron chi connectivity index (χ0n) is 10.1. The summed E-state index contributed by atoms with van der Waals surface area (Å²) in [4.78, 5) is 17.9. The highest BCUT2D eigenvalue weighted by atomic mass is 16.2. The van der Waals surface area contributed by atoms with Crippen LogP contribution in [0.3, 0.4) is 0 Å². The van der Waals surface area contributed by atoms with Crippen LogP contribution in [0.15, 0.2) is 43.4 Å². The van der Waals surface area contributed by atoms with E-state index in [-0.39, 0.29) is 5.91 Å². The van der Waals surface area contributed by atoms with Crippen molar-refractivity contribution in [2.45, 2.75) is 13.0 Å². The molecule has 0 saturated carbocycles. The molecule has 92 valence electrons. The maximum absolute atomic E-state index is 11.8. The molecule has 1 unspecified atom stereocenters. The lowest BCUT2D eigenvalue weighted by Gasteiger charge is -2.16. The van der Waals surface area contributed by atoms with Crippen molar-refractivity contribution in [3.63, 3.8) is 0 Å². The van der Waals surface area contributed by atoms with Gasteiger partial charge in [0, 0.05) is 44.0 Å². The number of imidazole rings is 1. The van der Waals surface area contributed by atoms with Gasteiger partial charge in [-0.05, 0) is 11.6 Å². The molecule has 4 nitrogen and oxygen atoms in total. The van der Waals surface area contributed by atoms with E-state index in [1.165, 1.54) is 0 Å². The van der Waals surface area contributed by atoms with Crippen LogP contribution >= 0.6 is 0 Å². The lowest BCUT2D eigenvalue weighted by molar-refractivity contribution is -0.128. The molecule has 0 aromatic carbocycles. The molecule has 2 aromatic heterocycles. The molecular weight excluding hydrogens is 226 g/mol. The molecular formula is C14H15N3O. The van der Waals surface area contributed by atoms with Crippen LogP contribution in [0.4, 0.5) is 0 Å². The molecule has 18 heavy (non-hydrogen) atoms. The molecule has 1 aliphatic heterocycles. The lowest BCUT2D eigenvalue weighted by Crippen LogP contribution is -2.24. The standard InChI is InChI=1S/C14H15N3O/c1-2-11-7-14(18)17(8-11)10-12-3-4-13-15-5-6-16(13)9-12/h2-6,9,11H,1,7-8,10H2. The Labute approximate surface area is 106 Å². The van der Waals surface area contributed by atoms with Crippen LogP contribution in [0.5, 0.6) is 0 Å². The van der Waals surface area contributed by atoms with Gasteiger partial charge in [-0.3, -0.25) is 4.79 Å². The van der Waals surface area contributed by atoms with E-state index < -0.39 is 0 Å². The summed E-state index contributed by atoms with van der Waals surface area (Å²) in [5, 5.41) is 0. The number of likely N-dealkylation sites (tertiary alicyclic amines) is 1. The average molecular weight is 241 g/mol. The van der Waals surface area contributed by atoms with Gasteiger partial charge in [0.15, 0.2) is 0 Å². The monoisotopic (exact) mass is 241 g/mol. The van der Waals surface area contributed by atoms with Crippen molar-refractivity contribution in [2.75, 3.05) is 6.54 Å². The van der Waals surface area contributed by atoms with Crippen molar-refractivity contribution in [1.29, 1.82) is 0 Å². The smallest absolute Gasteiger partial charge is 0.223 e. The second kappa shape index (κ2) is 4.29. The highest BCUT2D eigenvalue weighted by Gasteiger charge is 2.27. The SMILES string of the molecule is C=CC1CC(=O)N(Cc2ccc3nccn3c2)C1. The summed E-state index contributed by atoms with van der Waals surface area (Å²) in [5.74, 6) is 0.514. The predicted molar refractivity (Wildman–Crippen MR) is 68.9 cm³/mol. The van der Waals surface area contributed by atoms with E-state index in [4.69, 9.17) is 0 Å². The summed E-state index contributed by atoms with van der Waals surface area (Å²) in [6.07, 6.45) is 8.18. The minimum Gasteiger partial charge on any atom is -0.338 e. The number of carbonyl (C=O) groups is 1. The van der Waals surface area contributed by atoms with Gasteiger partial charge in [-0.15, -0.1) is 6.58 Å². The van der Waals surface area contributed by atoms with Crippen LogP contribution in [0.25, 0.3) is 5.65 Å². The van der Waals surface area contributed by atoms with E-state index in [0.717, 1.165) is 17.8 Å². The highest BCUT2D eigenvalue weighted by molar-refractivity contribution is 5.79. The third-order valence-electron chi connectivity index (χ3n) is 3.40. The molecule has 1 amide bonds. The maximum Gasteiger partial charge on any atom is 0.223 e. The van der Waals surface area contributed by atoms with E-state index >= 15 is 0 Å². The summed E-state index contributed by atoms with van der Waals surface area (Å²) in [6, 6.07) is 4.00. The van der Waals surface area contributed by atoms with Crippen molar-refractivity contribution in [3.05, 3.63) is 48.9 Å². The quantitative estimate of drug-likeness (QED) is 0.769. The highest BCUT2D eigenvalue weighted by Crippen LogP contribution is 2.20. The number of carbonyl (C=O) groups excluding carboxylic acids is 1. The van der Waals surface area contributed by atoms with Gasteiger partial charge in [-0.25, -0.2) is 4.98 Å². The first kappa shape index (κ1) is 11.0. The zero-order valence-corrected chi connectivity index (χ0v) is 10.1. The average Bonchev–Trinajstić information content (AvgIpc) is 2.96. The number of pyridine rings is 1. The van der Waals surface area contributed by atoms with Crippen LogP contribution < -0.4 is 0 Å². The van der Waals surface area contributed by atoms with Gasteiger partial charge < -0.3 is 9.30 Å². The van der Waals surface area contributed by atoms with Gasteiger partial charge in [0.25, 0.3) is 0 Å². The van der Waals surface area contributed by atoms with Crippen molar-refractivity contribution in [3.8, 4) is 0 Å². The molecule has 0 N–H and O–H groups in total. The summed E-state index contributed by atoms with van der Waals surface area (Å²) in [7, 11) is 0. The largest absolute Gasteiger partial charge is 0.338 e. The first-order valence-corrected chi connectivity index (χ1v) is 6.08. The van der Waals surface area contributed by atoms with Gasteiger partial charge in [0.2, 0.25) is 5.91 Å². The molecule has 0 radical (unpaired) electrons. The number of hydrogen-bond donors (Lipinski definition) is 0. The van der Waals surface area contributed by atoms with E-state index in [9.17, 15) is 4.79 Å². The summed E-state index contributed by atoms with van der Waals surface area (Å²) in [5.41, 5.74) is 2.05. The van der Waals surface area contributed by atoms with Gasteiger partial charge in [-0.2, -0.15) is 0 Å². The van der Waals surface area contributed by atoms with Crippen molar-refractivity contribution in [1.82, 2.24) is 14.3 Å². The van der Waals surface area contributed by atoms with E-state index in [0.29, 0.717) is 18.9 Å². The van der Waals surface area contributed by atoms with Gasteiger partial charge >= 0.3 is 0 Å². The first-order valence-electron chi connectivity index (χ1n) is 6.08. The van der Waals surface area contributed by atoms with Crippen LogP contribution in [-0.2, 0) is 11.3 Å². The Morgan fingerprint density at radius 3 is 3.17 bits per heavy atom. The number of nitrogens with zero attached hydrogens (tertiary/aromatic N) is 3. The Morgan fingerprint density at radius 1 is 1.50 bits per heavy atom. The van der Waals surface area contributed by atoms with Crippen molar-refractivity contribution < 1.29 is 4.79 Å². The number of rotatable bonds is 3. The fraction of sp³-hybridized carbons (Fsp3) is 0.286. The molecule has 3 rings (SSSR count). The number of hydrogen-bond acceptors (Lipinski definition) is 2. The predicted octanol–water partition coefficient (Wildman–Crippen LogP) is 1.87. The van der Waals surface area contributed by atoms with Crippen LogP contribution in [-0.4, -0.2) is 26.7 Å². The third-order valence-corrected chi connectivity index (χ3v) is 3.40. The van der Waals surface area contributed by atoms with Crippen LogP contribution in [0, 0.1) is 5.92 Å². The fourth-order valence-corrected chi connectivity index (χ4v) is 2.39. The Balaban J connectivity index is 1.79. The molecule has 3 heterocycles. The summed E-state index contributed by atoms with van der Waals surface area (Å²) in [6.45, 7) is 5.21. The number of aromatic nitrogens is 2. The normalized spacial score (nSPS) is 19.7. The maximum atomic E-state index is 11.8. The molecule has 0 bridgehead atoms. The topological polar surface area (TPSA) is 37.6 Å². The number of amides is 1. The Bertz CT molecular complexity index is 602. The molecule has 2 aromatic rings. The fourth-order valence-electron chi connectivity index (χ4n) is 2.39. The second-order valence-corrected chi connectivity index (χ2v) is 4.70. The second-order valence-electron chi connectivity index (χ2n) is 4.70. The lowest BCUT2D eigenvalue weighted by atomic mass is 10.1. The molecule has 1 aliphatic rings. The van der Waals surface area contributed by atoms with E-state index in [1.54, 1.807) is 6.20 Å². The minimum absolute atomic E-state index is 0.214. The molecule has 1 saturated heterocycles. The molecule has 1 atom stereocenters. The number of fused-ring (bicyclic) bond motifs is 1. The molecule has 1 fully saturated rings. The molecule has 0 aliphatic carbocycles. The van der Waals surface area contributed by atoms with E-state index in [1.807, 2.05) is 39.9 Å². The van der Waals surface area contributed by atoms with Crippen LogP contribution in [0.2, 0.25) is 0 Å². The van der Waals surface area contributed by atoms with Gasteiger partial charge in [0.1, 0.15) is 5.65 Å². The van der Waals surface area contributed by atoms with Crippen LogP contribution in [0.1, 0.15) is 12.0 Å². The van der Waals surface area contributed by atoms with E-state index in [2.05, 4.69) is 11.6 Å². The first-order chi connectivity index (χ1) is 8.76. The Kier molecular flexibility index (Phi) is 2.63. The molecule has 4 heteroatoms. The Morgan fingerprint density at radius 2 is 2.39 bits per heavy atom. The van der Waals surface area contributed by atoms with Crippen molar-refractivity contribution >= 4 is 11.6 Å². The van der Waals surface area contributed by atoms with Gasteiger partial charge in [-0.1, -0.05) is 12.1 Å².